The second-order valence-corrected chi connectivity index (χ2v) is 5.47. The SMILES string of the molecule is O=C(O)C=C1CC2CCCC(C1)S2. The summed E-state index contributed by atoms with van der Waals surface area (Å²) < 4.78 is 0. The van der Waals surface area contributed by atoms with E-state index in [9.17, 15) is 4.79 Å². The van der Waals surface area contributed by atoms with Crippen molar-refractivity contribution in [2.75, 3.05) is 0 Å². The first kappa shape index (κ1) is 9.13. The maximum atomic E-state index is 10.5. The molecule has 3 heteroatoms. The smallest absolute Gasteiger partial charge is 0.328 e. The molecule has 2 bridgehead atoms. The fourth-order valence-corrected chi connectivity index (χ4v) is 4.01. The highest BCUT2D eigenvalue weighted by Gasteiger charge is 2.29. The number of carbonyl (C=O) groups is 1. The molecule has 0 saturated carbocycles. The van der Waals surface area contributed by atoms with E-state index in [-0.39, 0.29) is 0 Å². The number of carboxylic acids is 1. The van der Waals surface area contributed by atoms with E-state index in [0.29, 0.717) is 10.5 Å². The molecule has 2 saturated heterocycles. The van der Waals surface area contributed by atoms with Crippen LogP contribution in [0.5, 0.6) is 0 Å². The second kappa shape index (κ2) is 3.74. The third kappa shape index (κ3) is 2.27. The van der Waals surface area contributed by atoms with Gasteiger partial charge in [0.05, 0.1) is 0 Å². The quantitative estimate of drug-likeness (QED) is 0.657. The molecule has 0 amide bonds. The van der Waals surface area contributed by atoms with Crippen molar-refractivity contribution >= 4 is 17.7 Å². The lowest BCUT2D eigenvalue weighted by Gasteiger charge is -2.35. The molecule has 2 unspecified atom stereocenters. The number of aliphatic carboxylic acids is 1. The molecular weight excluding hydrogens is 184 g/mol. The molecule has 2 heterocycles. The average Bonchev–Trinajstić information content (AvgIpc) is 2.01. The Hall–Kier alpha value is -0.440. The first-order valence-corrected chi connectivity index (χ1v) is 5.76. The zero-order valence-electron chi connectivity index (χ0n) is 7.53. The van der Waals surface area contributed by atoms with Crippen molar-refractivity contribution in [1.82, 2.24) is 0 Å². The molecule has 2 rings (SSSR count). The van der Waals surface area contributed by atoms with Crippen LogP contribution in [-0.4, -0.2) is 21.6 Å². The van der Waals surface area contributed by atoms with Crippen molar-refractivity contribution in [2.45, 2.75) is 42.6 Å². The molecule has 2 atom stereocenters. The zero-order chi connectivity index (χ0) is 9.26. The van der Waals surface area contributed by atoms with Crippen LogP contribution in [0.25, 0.3) is 0 Å². The van der Waals surface area contributed by atoms with Gasteiger partial charge in [-0.25, -0.2) is 4.79 Å². The van der Waals surface area contributed by atoms with Gasteiger partial charge in [-0.2, -0.15) is 11.8 Å². The van der Waals surface area contributed by atoms with Gasteiger partial charge in [0.2, 0.25) is 0 Å². The van der Waals surface area contributed by atoms with Crippen LogP contribution < -0.4 is 0 Å². The Morgan fingerprint density at radius 3 is 2.54 bits per heavy atom. The summed E-state index contributed by atoms with van der Waals surface area (Å²) in [7, 11) is 0. The van der Waals surface area contributed by atoms with Crippen LogP contribution >= 0.6 is 11.8 Å². The summed E-state index contributed by atoms with van der Waals surface area (Å²) in [6.07, 6.45) is 7.32. The van der Waals surface area contributed by atoms with E-state index >= 15 is 0 Å². The van der Waals surface area contributed by atoms with Gasteiger partial charge in [-0.05, 0) is 25.7 Å². The lowest BCUT2D eigenvalue weighted by Crippen LogP contribution is -2.24. The third-order valence-electron chi connectivity index (χ3n) is 2.74. The van der Waals surface area contributed by atoms with E-state index in [1.54, 1.807) is 0 Å². The molecule has 0 aromatic carbocycles. The number of rotatable bonds is 1. The predicted octanol–water partition coefficient (Wildman–Crippen LogP) is 2.45. The molecule has 2 fully saturated rings. The highest BCUT2D eigenvalue weighted by molar-refractivity contribution is 8.00. The molecule has 0 radical (unpaired) electrons. The largest absolute Gasteiger partial charge is 0.478 e. The van der Waals surface area contributed by atoms with Crippen LogP contribution in [0.15, 0.2) is 11.6 Å². The molecule has 2 aliphatic heterocycles. The van der Waals surface area contributed by atoms with E-state index in [1.807, 2.05) is 0 Å². The first-order chi connectivity index (χ1) is 6.24. The van der Waals surface area contributed by atoms with E-state index < -0.39 is 5.97 Å². The molecule has 1 N–H and O–H groups in total. The number of fused-ring (bicyclic) bond motifs is 2. The molecule has 0 aromatic heterocycles. The number of hydrogen-bond donors (Lipinski definition) is 1. The maximum absolute atomic E-state index is 10.5. The Balaban J connectivity index is 2.05. The number of carboxylic acid groups (broad SMARTS) is 1. The monoisotopic (exact) mass is 198 g/mol. The normalized spacial score (nSPS) is 32.8. The van der Waals surface area contributed by atoms with Crippen LogP contribution in [0.2, 0.25) is 0 Å². The van der Waals surface area contributed by atoms with Crippen molar-refractivity contribution in [1.29, 1.82) is 0 Å². The van der Waals surface area contributed by atoms with Crippen molar-refractivity contribution in [3.8, 4) is 0 Å². The van der Waals surface area contributed by atoms with Gasteiger partial charge in [-0.3, -0.25) is 0 Å². The summed E-state index contributed by atoms with van der Waals surface area (Å²) >= 11 is 2.07. The fourth-order valence-electron chi connectivity index (χ4n) is 2.24. The van der Waals surface area contributed by atoms with Gasteiger partial charge in [0, 0.05) is 16.6 Å². The van der Waals surface area contributed by atoms with Crippen molar-refractivity contribution < 1.29 is 9.90 Å². The van der Waals surface area contributed by atoms with Crippen LogP contribution in [-0.2, 0) is 4.79 Å². The molecular formula is C10H14O2S. The molecule has 0 aliphatic carbocycles. The summed E-state index contributed by atoms with van der Waals surface area (Å²) in [6.45, 7) is 0. The van der Waals surface area contributed by atoms with Gasteiger partial charge >= 0.3 is 5.97 Å². The van der Waals surface area contributed by atoms with Crippen LogP contribution in [0.4, 0.5) is 0 Å². The van der Waals surface area contributed by atoms with Gasteiger partial charge in [-0.15, -0.1) is 0 Å². The van der Waals surface area contributed by atoms with Crippen LogP contribution in [0.1, 0.15) is 32.1 Å². The fraction of sp³-hybridized carbons (Fsp3) is 0.700. The Kier molecular flexibility index (Phi) is 2.63. The summed E-state index contributed by atoms with van der Waals surface area (Å²) in [6, 6.07) is 0. The highest BCUT2D eigenvalue weighted by atomic mass is 32.2. The molecule has 72 valence electrons. The summed E-state index contributed by atoms with van der Waals surface area (Å²) in [5, 5.41) is 10.1. The molecule has 0 aromatic rings. The minimum absolute atomic E-state index is 0.707. The Bertz CT molecular complexity index is 233. The highest BCUT2D eigenvalue weighted by Crippen LogP contribution is 2.43. The van der Waals surface area contributed by atoms with Gasteiger partial charge in [0.15, 0.2) is 0 Å². The van der Waals surface area contributed by atoms with Crippen LogP contribution in [0.3, 0.4) is 0 Å². The topological polar surface area (TPSA) is 37.3 Å². The molecule has 0 spiro atoms. The Morgan fingerprint density at radius 2 is 2.00 bits per heavy atom. The summed E-state index contributed by atoms with van der Waals surface area (Å²) in [4.78, 5) is 10.5. The molecule has 13 heavy (non-hydrogen) atoms. The van der Waals surface area contributed by atoms with Crippen LogP contribution in [0, 0.1) is 0 Å². The van der Waals surface area contributed by atoms with E-state index in [4.69, 9.17) is 5.11 Å². The summed E-state index contributed by atoms with van der Waals surface area (Å²) in [5.41, 5.74) is 1.15. The second-order valence-electron chi connectivity index (χ2n) is 3.86. The Labute approximate surface area is 82.4 Å². The van der Waals surface area contributed by atoms with Gasteiger partial charge in [0.25, 0.3) is 0 Å². The molecule has 2 aliphatic rings. The maximum Gasteiger partial charge on any atom is 0.328 e. The minimum atomic E-state index is -0.778. The first-order valence-electron chi connectivity index (χ1n) is 4.82. The predicted molar refractivity (Wildman–Crippen MR) is 54.0 cm³/mol. The lowest BCUT2D eigenvalue weighted by atomic mass is 9.94. The molecule has 2 nitrogen and oxygen atoms in total. The number of allylic oxidation sites excluding steroid dienone is 1. The van der Waals surface area contributed by atoms with Crippen molar-refractivity contribution in [2.24, 2.45) is 0 Å². The van der Waals surface area contributed by atoms with E-state index in [0.717, 1.165) is 18.4 Å². The average molecular weight is 198 g/mol. The Morgan fingerprint density at radius 1 is 1.38 bits per heavy atom. The third-order valence-corrected chi connectivity index (χ3v) is 4.32. The van der Waals surface area contributed by atoms with E-state index in [2.05, 4.69) is 11.8 Å². The summed E-state index contributed by atoms with van der Waals surface area (Å²) in [5.74, 6) is -0.778. The number of thioether (sulfide) groups is 1. The standard InChI is InChI=1S/C10H14O2S/c11-10(12)6-7-4-8-2-1-3-9(5-7)13-8/h6,8-9H,1-5H2,(H,11,12). The minimum Gasteiger partial charge on any atom is -0.478 e. The van der Waals surface area contributed by atoms with Crippen molar-refractivity contribution in [3.05, 3.63) is 11.6 Å². The lowest BCUT2D eigenvalue weighted by molar-refractivity contribution is -0.131. The van der Waals surface area contributed by atoms with E-state index in [1.165, 1.54) is 25.3 Å². The number of hydrogen-bond acceptors (Lipinski definition) is 2. The van der Waals surface area contributed by atoms with Gasteiger partial charge < -0.3 is 5.11 Å². The van der Waals surface area contributed by atoms with Gasteiger partial charge in [0.1, 0.15) is 0 Å². The van der Waals surface area contributed by atoms with Crippen molar-refractivity contribution in [3.63, 3.8) is 0 Å². The zero-order valence-corrected chi connectivity index (χ0v) is 8.35. The van der Waals surface area contributed by atoms with Gasteiger partial charge in [-0.1, -0.05) is 12.0 Å².